The number of hydrazone groups is 1. The fourth-order valence-corrected chi connectivity index (χ4v) is 2.80. The van der Waals surface area contributed by atoms with Crippen LogP contribution in [0.25, 0.3) is 0 Å². The second-order valence-corrected chi connectivity index (χ2v) is 5.55. The maximum atomic E-state index is 12.7. The lowest BCUT2D eigenvalue weighted by Crippen LogP contribution is -2.47. The Labute approximate surface area is 130 Å². The van der Waals surface area contributed by atoms with E-state index in [1.54, 1.807) is 18.2 Å². The van der Waals surface area contributed by atoms with Crippen LogP contribution in [-0.4, -0.2) is 36.1 Å². The third-order valence-corrected chi connectivity index (χ3v) is 3.91. The molecule has 7 nitrogen and oxygen atoms in total. The van der Waals surface area contributed by atoms with Crippen LogP contribution in [0.3, 0.4) is 0 Å². The molecule has 2 heterocycles. The van der Waals surface area contributed by atoms with Crippen LogP contribution < -0.4 is 10.3 Å². The van der Waals surface area contributed by atoms with Gasteiger partial charge in [-0.2, -0.15) is 5.10 Å². The second kappa shape index (κ2) is 5.10. The van der Waals surface area contributed by atoms with Gasteiger partial charge in [-0.15, -0.1) is 0 Å². The van der Waals surface area contributed by atoms with Gasteiger partial charge in [-0.3, -0.25) is 15.0 Å². The van der Waals surface area contributed by atoms with Crippen LogP contribution in [0, 0.1) is 0 Å². The van der Waals surface area contributed by atoms with Crippen molar-refractivity contribution < 1.29 is 19.1 Å². The van der Waals surface area contributed by atoms with E-state index in [2.05, 4.69) is 15.3 Å². The molecular formula is C14H12ClN3O4. The Balaban J connectivity index is 1.89. The van der Waals surface area contributed by atoms with E-state index in [0.717, 1.165) is 4.90 Å². The van der Waals surface area contributed by atoms with E-state index in [1.165, 1.54) is 13.2 Å². The summed E-state index contributed by atoms with van der Waals surface area (Å²) in [6.07, 6.45) is -0.0658. The van der Waals surface area contributed by atoms with Crippen molar-refractivity contribution in [1.29, 1.82) is 0 Å². The van der Waals surface area contributed by atoms with Crippen molar-refractivity contribution in [1.82, 2.24) is 5.43 Å². The standard InChI is InChI=1S/C14H12ClN3O4/c1-22-12(20)10-6-14(17-16-10)7-11(19)18(13(14)21)9-4-2-3-8(15)5-9/h2-5,17H,6-7H2,1H3/t14-/m0/s1. The number of esters is 1. The zero-order chi connectivity index (χ0) is 15.9. The van der Waals surface area contributed by atoms with Crippen LogP contribution >= 0.6 is 11.6 Å². The van der Waals surface area contributed by atoms with E-state index in [9.17, 15) is 14.4 Å². The summed E-state index contributed by atoms with van der Waals surface area (Å²) in [6, 6.07) is 6.46. The zero-order valence-electron chi connectivity index (χ0n) is 11.6. The highest BCUT2D eigenvalue weighted by Crippen LogP contribution is 2.35. The van der Waals surface area contributed by atoms with Gasteiger partial charge >= 0.3 is 5.97 Å². The number of rotatable bonds is 2. The molecular weight excluding hydrogens is 310 g/mol. The first kappa shape index (κ1) is 14.5. The number of carbonyl (C=O) groups excluding carboxylic acids is 3. The van der Waals surface area contributed by atoms with E-state index < -0.39 is 17.4 Å². The number of halogens is 1. The maximum Gasteiger partial charge on any atom is 0.354 e. The van der Waals surface area contributed by atoms with Crippen LogP contribution in [-0.2, 0) is 19.1 Å². The van der Waals surface area contributed by atoms with E-state index in [1.807, 2.05) is 0 Å². The number of hydrogen-bond acceptors (Lipinski definition) is 6. The summed E-state index contributed by atoms with van der Waals surface area (Å²) in [4.78, 5) is 37.5. The van der Waals surface area contributed by atoms with Crippen molar-refractivity contribution in [3.05, 3.63) is 29.3 Å². The predicted octanol–water partition coefficient (Wildman–Crippen LogP) is 0.864. The van der Waals surface area contributed by atoms with Gasteiger partial charge in [-0.1, -0.05) is 17.7 Å². The fourth-order valence-electron chi connectivity index (χ4n) is 2.62. The summed E-state index contributed by atoms with van der Waals surface area (Å²) in [5.74, 6) is -1.45. The number of anilines is 1. The number of hydrogen-bond donors (Lipinski definition) is 1. The maximum absolute atomic E-state index is 12.7. The molecule has 1 fully saturated rings. The molecule has 0 radical (unpaired) electrons. The van der Waals surface area contributed by atoms with Crippen LogP contribution in [0.1, 0.15) is 12.8 Å². The fraction of sp³-hybridized carbons (Fsp3) is 0.286. The molecule has 1 atom stereocenters. The van der Waals surface area contributed by atoms with Crippen molar-refractivity contribution in [2.24, 2.45) is 5.10 Å². The van der Waals surface area contributed by atoms with E-state index in [-0.39, 0.29) is 24.5 Å². The summed E-state index contributed by atoms with van der Waals surface area (Å²) in [6.45, 7) is 0. The number of benzene rings is 1. The van der Waals surface area contributed by atoms with Crippen LogP contribution in [0.2, 0.25) is 5.02 Å². The SMILES string of the molecule is COC(=O)C1=NN[C@]2(CC(=O)N(c3cccc(Cl)c3)C2=O)C1. The number of nitrogens with zero attached hydrogens (tertiary/aromatic N) is 2. The monoisotopic (exact) mass is 321 g/mol. The van der Waals surface area contributed by atoms with Gasteiger partial charge in [0.05, 0.1) is 19.2 Å². The Bertz CT molecular complexity index is 718. The first-order chi connectivity index (χ1) is 10.5. The molecule has 2 aliphatic rings. The highest BCUT2D eigenvalue weighted by molar-refractivity contribution is 6.39. The smallest absolute Gasteiger partial charge is 0.354 e. The molecule has 1 spiro atoms. The molecule has 0 aliphatic carbocycles. The normalized spacial score (nSPS) is 23.7. The van der Waals surface area contributed by atoms with Crippen molar-refractivity contribution in [2.45, 2.75) is 18.4 Å². The minimum atomic E-state index is -1.22. The third kappa shape index (κ3) is 2.14. The van der Waals surface area contributed by atoms with Crippen molar-refractivity contribution in [3.8, 4) is 0 Å². The Hall–Kier alpha value is -2.41. The van der Waals surface area contributed by atoms with E-state index >= 15 is 0 Å². The van der Waals surface area contributed by atoms with E-state index in [4.69, 9.17) is 11.6 Å². The molecule has 2 aliphatic heterocycles. The highest BCUT2D eigenvalue weighted by Gasteiger charge is 2.56. The molecule has 22 heavy (non-hydrogen) atoms. The van der Waals surface area contributed by atoms with Gasteiger partial charge in [0.2, 0.25) is 5.91 Å². The quantitative estimate of drug-likeness (QED) is 0.645. The lowest BCUT2D eigenvalue weighted by molar-refractivity contribution is -0.132. The number of amides is 2. The van der Waals surface area contributed by atoms with Gasteiger partial charge in [0.1, 0.15) is 11.3 Å². The van der Waals surface area contributed by atoms with Crippen LogP contribution in [0.15, 0.2) is 29.4 Å². The topological polar surface area (TPSA) is 88.1 Å². The number of carbonyl (C=O) groups is 3. The van der Waals surface area contributed by atoms with E-state index in [0.29, 0.717) is 10.7 Å². The lowest BCUT2D eigenvalue weighted by Gasteiger charge is -2.21. The summed E-state index contributed by atoms with van der Waals surface area (Å²) in [7, 11) is 1.23. The molecule has 114 valence electrons. The molecule has 0 aromatic heterocycles. The summed E-state index contributed by atoms with van der Waals surface area (Å²) < 4.78 is 4.59. The number of methoxy groups -OCH3 is 1. The summed E-state index contributed by atoms with van der Waals surface area (Å²) in [5, 5.41) is 4.26. The lowest BCUT2D eigenvalue weighted by atomic mass is 9.93. The number of imide groups is 1. The minimum absolute atomic E-state index is 0.0152. The van der Waals surface area contributed by atoms with Crippen molar-refractivity contribution in [3.63, 3.8) is 0 Å². The molecule has 0 unspecified atom stereocenters. The Morgan fingerprint density at radius 3 is 2.86 bits per heavy atom. The molecule has 1 aromatic rings. The minimum Gasteiger partial charge on any atom is -0.464 e. The van der Waals surface area contributed by atoms with Crippen LogP contribution in [0.5, 0.6) is 0 Å². The Morgan fingerprint density at radius 2 is 2.18 bits per heavy atom. The predicted molar refractivity (Wildman–Crippen MR) is 78.5 cm³/mol. The molecule has 3 rings (SSSR count). The Kier molecular flexibility index (Phi) is 3.37. The molecule has 0 saturated carbocycles. The average molecular weight is 322 g/mol. The van der Waals surface area contributed by atoms with Gasteiger partial charge in [-0.25, -0.2) is 9.69 Å². The second-order valence-electron chi connectivity index (χ2n) is 5.11. The zero-order valence-corrected chi connectivity index (χ0v) is 12.4. The molecule has 0 bridgehead atoms. The molecule has 1 saturated heterocycles. The van der Waals surface area contributed by atoms with Gasteiger partial charge in [0, 0.05) is 11.4 Å². The first-order valence-corrected chi connectivity index (χ1v) is 6.90. The average Bonchev–Trinajstić information content (AvgIpc) is 3.01. The first-order valence-electron chi connectivity index (χ1n) is 6.52. The highest BCUT2D eigenvalue weighted by atomic mass is 35.5. The Morgan fingerprint density at radius 1 is 1.41 bits per heavy atom. The molecule has 2 amide bonds. The molecule has 1 aromatic carbocycles. The molecule has 8 heteroatoms. The van der Waals surface area contributed by atoms with Gasteiger partial charge in [0.25, 0.3) is 5.91 Å². The van der Waals surface area contributed by atoms with Crippen molar-refractivity contribution >= 4 is 40.8 Å². The van der Waals surface area contributed by atoms with Gasteiger partial charge in [0.15, 0.2) is 0 Å². The third-order valence-electron chi connectivity index (χ3n) is 3.68. The number of nitrogens with one attached hydrogen (secondary N) is 1. The van der Waals surface area contributed by atoms with Crippen LogP contribution in [0.4, 0.5) is 5.69 Å². The van der Waals surface area contributed by atoms with Gasteiger partial charge in [-0.05, 0) is 18.2 Å². The molecule has 1 N–H and O–H groups in total. The van der Waals surface area contributed by atoms with Crippen molar-refractivity contribution in [2.75, 3.05) is 12.0 Å². The summed E-state index contributed by atoms with van der Waals surface area (Å²) in [5.41, 5.74) is 1.90. The van der Waals surface area contributed by atoms with Gasteiger partial charge < -0.3 is 4.74 Å². The summed E-state index contributed by atoms with van der Waals surface area (Å²) >= 11 is 5.90. The largest absolute Gasteiger partial charge is 0.464 e. The number of ether oxygens (including phenoxy) is 1.